The normalized spacial score (nSPS) is 11.0. The van der Waals surface area contributed by atoms with Crippen molar-refractivity contribution in [3.63, 3.8) is 0 Å². The van der Waals surface area contributed by atoms with Crippen molar-refractivity contribution >= 4 is 28.3 Å². The zero-order chi connectivity index (χ0) is 18.1. The number of carbonyl (C=O) groups is 1. The third kappa shape index (κ3) is 3.02. The van der Waals surface area contributed by atoms with Crippen LogP contribution in [0.2, 0.25) is 0 Å². The molecule has 0 atom stereocenters. The van der Waals surface area contributed by atoms with E-state index in [2.05, 4.69) is 20.3 Å². The first-order valence-electron chi connectivity index (χ1n) is 7.87. The number of aryl methyl sites for hydroxylation is 1. The third-order valence-corrected chi connectivity index (χ3v) is 4.69. The van der Waals surface area contributed by atoms with Crippen LogP contribution in [-0.2, 0) is 6.54 Å². The highest BCUT2D eigenvalue weighted by atomic mass is 32.1. The van der Waals surface area contributed by atoms with E-state index in [0.29, 0.717) is 22.6 Å². The third-order valence-electron chi connectivity index (χ3n) is 3.84. The van der Waals surface area contributed by atoms with Crippen LogP contribution in [0.1, 0.15) is 21.7 Å². The first-order valence-corrected chi connectivity index (χ1v) is 8.75. The number of amides is 1. The molecule has 2 N–H and O–H groups in total. The molecule has 7 nitrogen and oxygen atoms in total. The Bertz CT molecular complexity index is 1140. The molecule has 0 aliphatic rings. The molecule has 0 bridgehead atoms. The van der Waals surface area contributed by atoms with Gasteiger partial charge in [-0.2, -0.15) is 0 Å². The lowest BCUT2D eigenvalue weighted by molar-refractivity contribution is 0.0949. The van der Waals surface area contributed by atoms with Gasteiger partial charge >= 0.3 is 0 Å². The second-order valence-corrected chi connectivity index (χ2v) is 6.63. The smallest absolute Gasteiger partial charge is 0.257 e. The van der Waals surface area contributed by atoms with Gasteiger partial charge in [0.15, 0.2) is 0 Å². The molecular formula is C18H14N4O3S. The van der Waals surface area contributed by atoms with E-state index in [0.717, 1.165) is 10.6 Å². The maximum absolute atomic E-state index is 12.5. The number of hydrogen-bond donors (Lipinski definition) is 2. The van der Waals surface area contributed by atoms with Crippen LogP contribution in [0.15, 0.2) is 51.3 Å². The van der Waals surface area contributed by atoms with Gasteiger partial charge in [-0.3, -0.25) is 9.59 Å². The summed E-state index contributed by atoms with van der Waals surface area (Å²) in [5.74, 6) is 0.0312. The summed E-state index contributed by atoms with van der Waals surface area (Å²) in [6, 6.07) is 7.22. The van der Waals surface area contributed by atoms with Crippen molar-refractivity contribution in [3.8, 4) is 10.8 Å². The SMILES string of the molecule is Cc1ccc2c(=O)c(C(=O)NCc3coc(-c4cccs4)n3)c[nH]c2n1. The predicted octanol–water partition coefficient (Wildman–Crippen LogP) is 2.88. The number of H-pyrrole nitrogens is 1. The zero-order valence-electron chi connectivity index (χ0n) is 13.8. The molecule has 4 heterocycles. The monoisotopic (exact) mass is 366 g/mol. The van der Waals surface area contributed by atoms with E-state index in [4.69, 9.17) is 4.42 Å². The summed E-state index contributed by atoms with van der Waals surface area (Å²) in [6.45, 7) is 2.00. The number of nitrogens with one attached hydrogen (secondary N) is 2. The van der Waals surface area contributed by atoms with Gasteiger partial charge in [0.05, 0.1) is 22.5 Å². The van der Waals surface area contributed by atoms with Crippen molar-refractivity contribution < 1.29 is 9.21 Å². The fourth-order valence-electron chi connectivity index (χ4n) is 2.54. The summed E-state index contributed by atoms with van der Waals surface area (Å²) in [6.07, 6.45) is 2.87. The number of nitrogens with zero attached hydrogens (tertiary/aromatic N) is 2. The molecule has 0 saturated carbocycles. The lowest BCUT2D eigenvalue weighted by Gasteiger charge is -2.04. The molecule has 0 saturated heterocycles. The summed E-state index contributed by atoms with van der Waals surface area (Å²) in [4.78, 5) is 37.3. The summed E-state index contributed by atoms with van der Waals surface area (Å²) < 4.78 is 5.41. The summed E-state index contributed by atoms with van der Waals surface area (Å²) in [5, 5.41) is 5.01. The highest BCUT2D eigenvalue weighted by Crippen LogP contribution is 2.23. The first-order chi connectivity index (χ1) is 12.6. The number of carbonyl (C=O) groups excluding carboxylic acids is 1. The molecule has 0 aromatic carbocycles. The number of oxazole rings is 1. The molecular weight excluding hydrogens is 352 g/mol. The average molecular weight is 366 g/mol. The van der Waals surface area contributed by atoms with Gasteiger partial charge in [-0.1, -0.05) is 6.07 Å². The van der Waals surface area contributed by atoms with Crippen LogP contribution in [-0.4, -0.2) is 20.9 Å². The largest absolute Gasteiger partial charge is 0.443 e. The van der Waals surface area contributed by atoms with Gasteiger partial charge in [0.25, 0.3) is 5.91 Å². The Morgan fingerprint density at radius 2 is 2.19 bits per heavy atom. The molecule has 0 aliphatic heterocycles. The zero-order valence-corrected chi connectivity index (χ0v) is 14.6. The molecule has 0 aliphatic carbocycles. The minimum Gasteiger partial charge on any atom is -0.443 e. The van der Waals surface area contributed by atoms with Crippen molar-refractivity contribution in [3.05, 3.63) is 69.3 Å². The highest BCUT2D eigenvalue weighted by Gasteiger charge is 2.14. The van der Waals surface area contributed by atoms with Crippen LogP contribution < -0.4 is 10.7 Å². The van der Waals surface area contributed by atoms with E-state index >= 15 is 0 Å². The number of pyridine rings is 2. The van der Waals surface area contributed by atoms with Crippen LogP contribution in [0.4, 0.5) is 0 Å². The van der Waals surface area contributed by atoms with Gasteiger partial charge in [-0.25, -0.2) is 9.97 Å². The molecule has 0 spiro atoms. The van der Waals surface area contributed by atoms with Crippen molar-refractivity contribution in [1.82, 2.24) is 20.3 Å². The van der Waals surface area contributed by atoms with Crippen LogP contribution in [0.5, 0.6) is 0 Å². The number of thiophene rings is 1. The fraction of sp³-hybridized carbons (Fsp3) is 0.111. The Morgan fingerprint density at radius 3 is 3.00 bits per heavy atom. The lowest BCUT2D eigenvalue weighted by Crippen LogP contribution is -2.28. The second kappa shape index (κ2) is 6.57. The van der Waals surface area contributed by atoms with Crippen LogP contribution in [0.3, 0.4) is 0 Å². The lowest BCUT2D eigenvalue weighted by atomic mass is 10.2. The predicted molar refractivity (Wildman–Crippen MR) is 98.1 cm³/mol. The van der Waals surface area contributed by atoms with Gasteiger partial charge in [0.1, 0.15) is 17.5 Å². The van der Waals surface area contributed by atoms with E-state index in [9.17, 15) is 9.59 Å². The Labute approximate surface area is 151 Å². The number of rotatable bonds is 4. The molecule has 8 heteroatoms. The highest BCUT2D eigenvalue weighted by molar-refractivity contribution is 7.13. The molecule has 26 heavy (non-hydrogen) atoms. The Balaban J connectivity index is 1.52. The topological polar surface area (TPSA) is 101 Å². The van der Waals surface area contributed by atoms with Crippen molar-refractivity contribution in [2.45, 2.75) is 13.5 Å². The molecule has 4 rings (SSSR count). The van der Waals surface area contributed by atoms with Gasteiger partial charge in [0.2, 0.25) is 11.3 Å². The molecule has 1 amide bonds. The average Bonchev–Trinajstić information content (AvgIpc) is 3.31. The van der Waals surface area contributed by atoms with Crippen LogP contribution >= 0.6 is 11.3 Å². The van der Waals surface area contributed by atoms with Gasteiger partial charge in [-0.05, 0) is 30.5 Å². The van der Waals surface area contributed by atoms with E-state index in [-0.39, 0.29) is 17.5 Å². The number of fused-ring (bicyclic) bond motifs is 1. The van der Waals surface area contributed by atoms with Gasteiger partial charge in [-0.15, -0.1) is 11.3 Å². The van der Waals surface area contributed by atoms with E-state index in [1.54, 1.807) is 12.1 Å². The molecule has 0 unspecified atom stereocenters. The minimum atomic E-state index is -0.477. The first kappa shape index (κ1) is 16.2. The van der Waals surface area contributed by atoms with Crippen molar-refractivity contribution in [2.75, 3.05) is 0 Å². The van der Waals surface area contributed by atoms with Crippen LogP contribution in [0, 0.1) is 6.92 Å². The summed E-state index contributed by atoms with van der Waals surface area (Å²) >= 11 is 1.52. The quantitative estimate of drug-likeness (QED) is 0.578. The maximum atomic E-state index is 12.5. The minimum absolute atomic E-state index is 0.0325. The van der Waals surface area contributed by atoms with Crippen molar-refractivity contribution in [2.24, 2.45) is 0 Å². The standard InChI is InChI=1S/C18H14N4O3S/c1-10-4-5-12-15(23)13(8-19-16(12)21-10)17(24)20-7-11-9-25-18(22-11)14-3-2-6-26-14/h2-6,8-9H,7H2,1H3,(H,20,24)(H,19,21,23). The molecule has 130 valence electrons. The number of aromatic nitrogens is 3. The number of aromatic amines is 1. The Hall–Kier alpha value is -3.26. The maximum Gasteiger partial charge on any atom is 0.257 e. The number of hydrogen-bond acceptors (Lipinski definition) is 6. The van der Waals surface area contributed by atoms with Crippen LogP contribution in [0.25, 0.3) is 21.8 Å². The Morgan fingerprint density at radius 1 is 1.31 bits per heavy atom. The molecule has 0 radical (unpaired) electrons. The molecule has 4 aromatic heterocycles. The fourth-order valence-corrected chi connectivity index (χ4v) is 3.19. The summed E-state index contributed by atoms with van der Waals surface area (Å²) in [5.41, 5.74) is 1.51. The van der Waals surface area contributed by atoms with E-state index in [1.165, 1.54) is 23.8 Å². The Kier molecular flexibility index (Phi) is 4.10. The van der Waals surface area contributed by atoms with Gasteiger partial charge < -0.3 is 14.7 Å². The van der Waals surface area contributed by atoms with E-state index in [1.807, 2.05) is 24.4 Å². The summed E-state index contributed by atoms with van der Waals surface area (Å²) in [7, 11) is 0. The van der Waals surface area contributed by atoms with E-state index < -0.39 is 5.91 Å². The molecule has 4 aromatic rings. The molecule has 0 fully saturated rings. The second-order valence-electron chi connectivity index (χ2n) is 5.68. The van der Waals surface area contributed by atoms with Gasteiger partial charge in [0, 0.05) is 11.9 Å². The van der Waals surface area contributed by atoms with Crippen molar-refractivity contribution in [1.29, 1.82) is 0 Å².